The molecule has 1 N–H and O–H groups in total. The molecule has 2 aliphatic carbocycles. The van der Waals surface area contributed by atoms with Gasteiger partial charge in [0.15, 0.2) is 0 Å². The molecule has 1 aliphatic heterocycles. The van der Waals surface area contributed by atoms with E-state index in [2.05, 4.69) is 5.32 Å². The van der Waals surface area contributed by atoms with Gasteiger partial charge in [-0.25, -0.2) is 4.39 Å². The summed E-state index contributed by atoms with van der Waals surface area (Å²) in [7, 11) is 0. The Labute approximate surface area is 136 Å². The van der Waals surface area contributed by atoms with Gasteiger partial charge in [-0.2, -0.15) is 0 Å². The van der Waals surface area contributed by atoms with Gasteiger partial charge in [0.05, 0.1) is 6.04 Å². The first-order chi connectivity index (χ1) is 10.3. The topological polar surface area (TPSA) is 32.3 Å². The second-order valence-electron chi connectivity index (χ2n) is 6.59. The number of benzene rings is 1. The van der Waals surface area contributed by atoms with Gasteiger partial charge in [-0.3, -0.25) is 4.79 Å². The fourth-order valence-electron chi connectivity index (χ4n) is 4.36. The number of carbonyl (C=O) groups excluding carboxylic acids is 1. The van der Waals surface area contributed by atoms with Crippen molar-refractivity contribution in [1.29, 1.82) is 0 Å². The van der Waals surface area contributed by atoms with Crippen LogP contribution in [0.15, 0.2) is 24.3 Å². The zero-order chi connectivity index (χ0) is 14.4. The Morgan fingerprint density at radius 3 is 2.77 bits per heavy atom. The van der Waals surface area contributed by atoms with Gasteiger partial charge >= 0.3 is 0 Å². The van der Waals surface area contributed by atoms with Crippen LogP contribution in [0.4, 0.5) is 4.39 Å². The Bertz CT molecular complexity index is 557. The number of rotatable bonds is 2. The Morgan fingerprint density at radius 2 is 2.05 bits per heavy atom. The molecule has 120 valence electrons. The predicted molar refractivity (Wildman–Crippen MR) is 85.3 cm³/mol. The molecular weight excluding hydrogens is 303 g/mol. The number of nitrogens with zero attached hydrogens (tertiary/aromatic N) is 1. The molecule has 1 heterocycles. The van der Waals surface area contributed by atoms with Gasteiger partial charge in [0.1, 0.15) is 5.82 Å². The number of hydrogen-bond acceptors (Lipinski definition) is 2. The molecule has 1 amide bonds. The van der Waals surface area contributed by atoms with Crippen molar-refractivity contribution >= 4 is 18.3 Å². The maximum absolute atomic E-state index is 13.5. The predicted octanol–water partition coefficient (Wildman–Crippen LogP) is 2.77. The molecule has 5 heteroatoms. The summed E-state index contributed by atoms with van der Waals surface area (Å²) in [5.41, 5.74) is 0.904. The van der Waals surface area contributed by atoms with Crippen LogP contribution in [0.5, 0.6) is 0 Å². The van der Waals surface area contributed by atoms with Crippen LogP contribution in [0.2, 0.25) is 0 Å². The molecule has 0 radical (unpaired) electrons. The van der Waals surface area contributed by atoms with E-state index in [1.807, 2.05) is 11.0 Å². The SMILES string of the molecule is Cl.O=C(C1C2CCCC21)N1CCNCC1c1cccc(F)c1. The van der Waals surface area contributed by atoms with Crippen molar-refractivity contribution in [2.45, 2.75) is 25.3 Å². The first-order valence-electron chi connectivity index (χ1n) is 8.02. The number of hydrogen-bond donors (Lipinski definition) is 1. The third kappa shape index (κ3) is 2.63. The summed E-state index contributed by atoms with van der Waals surface area (Å²) < 4.78 is 13.5. The highest BCUT2D eigenvalue weighted by Crippen LogP contribution is 2.58. The highest BCUT2D eigenvalue weighted by Gasteiger charge is 2.58. The molecule has 1 saturated heterocycles. The van der Waals surface area contributed by atoms with Crippen LogP contribution >= 0.6 is 12.4 Å². The van der Waals surface area contributed by atoms with E-state index < -0.39 is 0 Å². The Kier molecular flexibility index (Phi) is 4.42. The Hall–Kier alpha value is -1.13. The second-order valence-corrected chi connectivity index (χ2v) is 6.59. The molecule has 3 unspecified atom stereocenters. The molecule has 2 saturated carbocycles. The second kappa shape index (κ2) is 6.17. The van der Waals surface area contributed by atoms with Crippen molar-refractivity contribution in [2.75, 3.05) is 19.6 Å². The third-order valence-corrected chi connectivity index (χ3v) is 5.45. The van der Waals surface area contributed by atoms with Crippen LogP contribution in [0.1, 0.15) is 30.9 Å². The number of halogens is 2. The molecule has 4 rings (SSSR count). The minimum Gasteiger partial charge on any atom is -0.333 e. The van der Waals surface area contributed by atoms with Crippen LogP contribution in [-0.4, -0.2) is 30.4 Å². The van der Waals surface area contributed by atoms with Gasteiger partial charge in [-0.1, -0.05) is 18.6 Å². The van der Waals surface area contributed by atoms with Crippen LogP contribution in [0.25, 0.3) is 0 Å². The van der Waals surface area contributed by atoms with Crippen molar-refractivity contribution in [3.8, 4) is 0 Å². The summed E-state index contributed by atoms with van der Waals surface area (Å²) in [5.74, 6) is 1.61. The number of nitrogens with one attached hydrogen (secondary N) is 1. The zero-order valence-corrected chi connectivity index (χ0v) is 13.3. The molecular formula is C17H22ClFN2O. The van der Waals surface area contributed by atoms with Crippen LogP contribution in [0, 0.1) is 23.6 Å². The van der Waals surface area contributed by atoms with E-state index in [-0.39, 0.29) is 30.2 Å². The van der Waals surface area contributed by atoms with Gasteiger partial charge in [0, 0.05) is 25.6 Å². The molecule has 3 aliphatic rings. The summed E-state index contributed by atoms with van der Waals surface area (Å²) in [4.78, 5) is 14.8. The van der Waals surface area contributed by atoms with Crippen molar-refractivity contribution in [3.05, 3.63) is 35.6 Å². The van der Waals surface area contributed by atoms with Gasteiger partial charge in [-0.05, 0) is 42.4 Å². The van der Waals surface area contributed by atoms with E-state index in [1.54, 1.807) is 12.1 Å². The Balaban J connectivity index is 0.00000144. The number of fused-ring (bicyclic) bond motifs is 1. The smallest absolute Gasteiger partial charge is 0.226 e. The summed E-state index contributed by atoms with van der Waals surface area (Å²) in [6.07, 6.45) is 3.73. The lowest BCUT2D eigenvalue weighted by Crippen LogP contribution is -2.49. The van der Waals surface area contributed by atoms with Crippen LogP contribution in [-0.2, 0) is 4.79 Å². The quantitative estimate of drug-likeness (QED) is 0.907. The highest BCUT2D eigenvalue weighted by molar-refractivity contribution is 5.85. The van der Waals surface area contributed by atoms with E-state index in [1.165, 1.54) is 25.3 Å². The summed E-state index contributed by atoms with van der Waals surface area (Å²) in [6, 6.07) is 6.65. The van der Waals surface area contributed by atoms with Gasteiger partial charge in [0.2, 0.25) is 5.91 Å². The average Bonchev–Trinajstić information content (AvgIpc) is 2.98. The van der Waals surface area contributed by atoms with Crippen molar-refractivity contribution in [1.82, 2.24) is 10.2 Å². The molecule has 3 atom stereocenters. The number of piperazine rings is 1. The fourth-order valence-corrected chi connectivity index (χ4v) is 4.36. The minimum atomic E-state index is -0.228. The van der Waals surface area contributed by atoms with Crippen molar-refractivity contribution in [2.24, 2.45) is 17.8 Å². The number of amides is 1. The van der Waals surface area contributed by atoms with Crippen molar-refractivity contribution in [3.63, 3.8) is 0 Å². The number of carbonyl (C=O) groups is 1. The zero-order valence-electron chi connectivity index (χ0n) is 12.5. The lowest BCUT2D eigenvalue weighted by atomic mass is 10.0. The summed E-state index contributed by atoms with van der Waals surface area (Å²) >= 11 is 0. The van der Waals surface area contributed by atoms with E-state index >= 15 is 0 Å². The van der Waals surface area contributed by atoms with E-state index in [0.717, 1.165) is 25.2 Å². The van der Waals surface area contributed by atoms with E-state index in [0.29, 0.717) is 17.7 Å². The fraction of sp³-hybridized carbons (Fsp3) is 0.588. The largest absolute Gasteiger partial charge is 0.333 e. The maximum atomic E-state index is 13.5. The monoisotopic (exact) mass is 324 g/mol. The maximum Gasteiger partial charge on any atom is 0.226 e. The molecule has 0 spiro atoms. The lowest BCUT2D eigenvalue weighted by Gasteiger charge is -2.37. The Morgan fingerprint density at radius 1 is 1.27 bits per heavy atom. The third-order valence-electron chi connectivity index (χ3n) is 5.45. The summed E-state index contributed by atoms with van der Waals surface area (Å²) in [6.45, 7) is 2.28. The lowest BCUT2D eigenvalue weighted by molar-refractivity contribution is -0.136. The first-order valence-corrected chi connectivity index (χ1v) is 8.02. The minimum absolute atomic E-state index is 0. The molecule has 3 nitrogen and oxygen atoms in total. The van der Waals surface area contributed by atoms with E-state index in [9.17, 15) is 9.18 Å². The standard InChI is InChI=1S/C17H21FN2O.ClH/c18-12-4-1-3-11(9-12)15-10-19-7-8-20(15)17(21)16-13-5-2-6-14(13)16;/h1,3-4,9,13-16,19H,2,5-8,10H2;1H. The normalized spacial score (nSPS) is 33.0. The molecule has 22 heavy (non-hydrogen) atoms. The van der Waals surface area contributed by atoms with Crippen LogP contribution in [0.3, 0.4) is 0 Å². The average molecular weight is 325 g/mol. The molecule has 1 aromatic rings. The van der Waals surface area contributed by atoms with Crippen LogP contribution < -0.4 is 5.32 Å². The molecule has 0 aromatic heterocycles. The van der Waals surface area contributed by atoms with E-state index in [4.69, 9.17) is 0 Å². The summed E-state index contributed by atoms with van der Waals surface area (Å²) in [5, 5.41) is 3.33. The van der Waals surface area contributed by atoms with Gasteiger partial charge in [-0.15, -0.1) is 12.4 Å². The van der Waals surface area contributed by atoms with Crippen molar-refractivity contribution < 1.29 is 9.18 Å². The molecule has 1 aromatic carbocycles. The highest BCUT2D eigenvalue weighted by atomic mass is 35.5. The van der Waals surface area contributed by atoms with Gasteiger partial charge in [0.25, 0.3) is 0 Å². The molecule has 3 fully saturated rings. The van der Waals surface area contributed by atoms with Gasteiger partial charge < -0.3 is 10.2 Å². The molecule has 0 bridgehead atoms. The first kappa shape index (κ1) is 15.8.